The number of hydrogen-bond donors (Lipinski definition) is 0. The molecule has 0 aromatic heterocycles. The predicted octanol–water partition coefficient (Wildman–Crippen LogP) is -0.0664. The molecule has 0 heterocycles. The highest BCUT2D eigenvalue weighted by atomic mass is 32.2. The largest absolute Gasteiger partial charge is 0.206 e. The highest BCUT2D eigenvalue weighted by Gasteiger charge is 1.28. The fraction of sp³-hybridized carbons (Fsp3) is 0.500. The Morgan fingerprint density at radius 2 is 1.40 bits per heavy atom. The molecule has 0 unspecified atom stereocenters. The minimum atomic E-state index is -2.11. The second-order valence-electron chi connectivity index (χ2n) is 0.304. The zero-order valence-corrected chi connectivity index (χ0v) is 2.75. The standard InChI is InChI=1S/CH2O2S.CH4/c1-4(2)3;/h1H2;1H4. The van der Waals surface area contributed by atoms with E-state index in [1.165, 1.54) is 0 Å². The van der Waals surface area contributed by atoms with E-state index >= 15 is 0 Å². The Bertz CT molecular complexity index is 77.0. The van der Waals surface area contributed by atoms with Crippen LogP contribution in [0, 0.1) is 0 Å². The molecule has 0 saturated carbocycles. The summed E-state index contributed by atoms with van der Waals surface area (Å²) < 4.78 is 17.8. The van der Waals surface area contributed by atoms with E-state index in [0.29, 0.717) is 0 Å². The van der Waals surface area contributed by atoms with E-state index in [9.17, 15) is 0 Å². The van der Waals surface area contributed by atoms with Crippen LogP contribution in [0.1, 0.15) is 7.43 Å². The third-order valence-electron chi connectivity index (χ3n) is 0. The van der Waals surface area contributed by atoms with Crippen LogP contribution in [0.2, 0.25) is 0 Å². The molecule has 0 radical (unpaired) electrons. The molecule has 0 aliphatic carbocycles. The first-order chi connectivity index (χ1) is 1.73. The van der Waals surface area contributed by atoms with Gasteiger partial charge in [-0.1, -0.05) is 7.43 Å². The summed E-state index contributed by atoms with van der Waals surface area (Å²) in [5, 5.41) is 0. The quantitative estimate of drug-likeness (QED) is 0.394. The van der Waals surface area contributed by atoms with Gasteiger partial charge in [0.05, 0.1) is 0 Å². The zero-order valence-electron chi connectivity index (χ0n) is 1.93. The highest BCUT2D eigenvalue weighted by Crippen LogP contribution is 1.08. The highest BCUT2D eigenvalue weighted by molar-refractivity contribution is 7.70. The summed E-state index contributed by atoms with van der Waals surface area (Å²) >= 11 is 0. The second kappa shape index (κ2) is 3.69. The molecular formula is C2H6O2S. The Balaban J connectivity index is 0. The van der Waals surface area contributed by atoms with Crippen LogP contribution in [0.25, 0.3) is 0 Å². The van der Waals surface area contributed by atoms with Gasteiger partial charge in [-0.25, -0.2) is 0 Å². The molecule has 0 bridgehead atoms. The van der Waals surface area contributed by atoms with Gasteiger partial charge in [0.15, 0.2) is 0 Å². The van der Waals surface area contributed by atoms with Gasteiger partial charge in [0.1, 0.15) is 0 Å². The minimum absolute atomic E-state index is 0. The van der Waals surface area contributed by atoms with Crippen molar-refractivity contribution in [3.05, 3.63) is 0 Å². The van der Waals surface area contributed by atoms with Crippen LogP contribution in [0.4, 0.5) is 0 Å². The minimum Gasteiger partial charge on any atom is -0.185 e. The molecule has 0 fully saturated rings. The fourth-order valence-electron chi connectivity index (χ4n) is 0. The first-order valence-corrected chi connectivity index (χ1v) is 1.87. The Labute approximate surface area is 33.0 Å². The van der Waals surface area contributed by atoms with Gasteiger partial charge in [-0.15, -0.1) is 0 Å². The van der Waals surface area contributed by atoms with Crippen molar-refractivity contribution >= 4 is 16.2 Å². The summed E-state index contributed by atoms with van der Waals surface area (Å²) in [7, 11) is -2.11. The smallest absolute Gasteiger partial charge is 0.185 e. The van der Waals surface area contributed by atoms with Crippen LogP contribution in [-0.2, 0) is 10.3 Å². The summed E-state index contributed by atoms with van der Waals surface area (Å²) in [5.41, 5.74) is 0. The van der Waals surface area contributed by atoms with E-state index in [2.05, 4.69) is 5.87 Å². The van der Waals surface area contributed by atoms with Crippen LogP contribution in [0.15, 0.2) is 0 Å². The molecule has 0 amide bonds. The summed E-state index contributed by atoms with van der Waals surface area (Å²) in [4.78, 5) is 0. The van der Waals surface area contributed by atoms with Crippen molar-refractivity contribution in [3.63, 3.8) is 0 Å². The van der Waals surface area contributed by atoms with Gasteiger partial charge in [-0.05, 0) is 0 Å². The second-order valence-corrected chi connectivity index (χ2v) is 0.911. The fourth-order valence-corrected chi connectivity index (χ4v) is 0. The van der Waals surface area contributed by atoms with Gasteiger partial charge >= 0.3 is 0 Å². The maximum absolute atomic E-state index is 8.89. The van der Waals surface area contributed by atoms with Crippen molar-refractivity contribution in [2.45, 2.75) is 7.43 Å². The van der Waals surface area contributed by atoms with Gasteiger partial charge < -0.3 is 0 Å². The Morgan fingerprint density at radius 3 is 1.40 bits per heavy atom. The van der Waals surface area contributed by atoms with E-state index in [-0.39, 0.29) is 7.43 Å². The average molecular weight is 94.1 g/mol. The lowest BCUT2D eigenvalue weighted by molar-refractivity contribution is 0.627. The first-order valence-electron chi connectivity index (χ1n) is 0.622. The van der Waals surface area contributed by atoms with Gasteiger partial charge in [-0.2, -0.15) is 8.42 Å². The molecule has 2 nitrogen and oxygen atoms in total. The molecule has 0 rings (SSSR count). The van der Waals surface area contributed by atoms with Crippen molar-refractivity contribution in [1.82, 2.24) is 0 Å². The molecule has 0 aromatic carbocycles. The average Bonchev–Trinajstić information content (AvgIpc) is 0.811. The lowest BCUT2D eigenvalue weighted by Gasteiger charge is -1.19. The summed E-state index contributed by atoms with van der Waals surface area (Å²) in [5.74, 6) is 2.56. The van der Waals surface area contributed by atoms with Crippen molar-refractivity contribution in [3.8, 4) is 0 Å². The number of rotatable bonds is 0. The van der Waals surface area contributed by atoms with Gasteiger partial charge in [0.25, 0.3) is 0 Å². The van der Waals surface area contributed by atoms with Gasteiger partial charge in [-0.3, -0.25) is 0 Å². The topological polar surface area (TPSA) is 34.1 Å². The Hall–Kier alpha value is -0.310. The third kappa shape index (κ3) is 110. The molecule has 0 aromatic rings. The molecule has 5 heavy (non-hydrogen) atoms. The first kappa shape index (κ1) is 8.83. The van der Waals surface area contributed by atoms with Crippen molar-refractivity contribution in [2.24, 2.45) is 0 Å². The van der Waals surface area contributed by atoms with Crippen molar-refractivity contribution < 1.29 is 8.42 Å². The maximum Gasteiger partial charge on any atom is 0.206 e. The molecule has 0 aliphatic rings. The van der Waals surface area contributed by atoms with E-state index < -0.39 is 10.3 Å². The lowest BCUT2D eigenvalue weighted by Crippen LogP contribution is -1.39. The van der Waals surface area contributed by atoms with Crippen LogP contribution in [-0.4, -0.2) is 14.3 Å². The van der Waals surface area contributed by atoms with Crippen LogP contribution < -0.4 is 0 Å². The van der Waals surface area contributed by atoms with Crippen molar-refractivity contribution in [2.75, 3.05) is 0 Å². The SMILES string of the molecule is C.C=S(=O)=O. The summed E-state index contributed by atoms with van der Waals surface area (Å²) in [6.45, 7) is 0. The monoisotopic (exact) mass is 94.0 g/mol. The van der Waals surface area contributed by atoms with Crippen LogP contribution in [0.5, 0.6) is 0 Å². The summed E-state index contributed by atoms with van der Waals surface area (Å²) in [6, 6.07) is 0. The Morgan fingerprint density at radius 1 is 1.40 bits per heavy atom. The van der Waals surface area contributed by atoms with E-state index in [1.807, 2.05) is 0 Å². The van der Waals surface area contributed by atoms with E-state index in [0.717, 1.165) is 0 Å². The molecule has 32 valence electrons. The third-order valence-corrected chi connectivity index (χ3v) is 0. The van der Waals surface area contributed by atoms with Crippen molar-refractivity contribution in [1.29, 1.82) is 0 Å². The Kier molecular flexibility index (Phi) is 6.51. The lowest BCUT2D eigenvalue weighted by atomic mass is 12.0. The number of hydrogen-bond acceptors (Lipinski definition) is 2. The summed E-state index contributed by atoms with van der Waals surface area (Å²) in [6.07, 6.45) is 0. The molecule has 3 heteroatoms. The normalized spacial score (nSPS) is 4.80. The molecule has 0 aliphatic heterocycles. The molecular weight excluding hydrogens is 88.1 g/mol. The van der Waals surface area contributed by atoms with Crippen LogP contribution in [0.3, 0.4) is 0 Å². The van der Waals surface area contributed by atoms with E-state index in [1.54, 1.807) is 0 Å². The van der Waals surface area contributed by atoms with Gasteiger partial charge in [0, 0.05) is 5.87 Å². The molecule has 0 saturated heterocycles. The molecule has 0 spiro atoms. The maximum atomic E-state index is 8.89. The van der Waals surface area contributed by atoms with Crippen LogP contribution >= 0.6 is 0 Å². The zero-order chi connectivity index (χ0) is 3.58. The van der Waals surface area contributed by atoms with Gasteiger partial charge in [0.2, 0.25) is 10.3 Å². The molecule has 0 N–H and O–H groups in total. The predicted molar refractivity (Wildman–Crippen MR) is 22.8 cm³/mol. The molecule has 0 atom stereocenters. The van der Waals surface area contributed by atoms with E-state index in [4.69, 9.17) is 8.42 Å².